The maximum atomic E-state index is 13.1. The summed E-state index contributed by atoms with van der Waals surface area (Å²) in [5.41, 5.74) is 2.55. The van der Waals surface area contributed by atoms with Crippen LogP contribution >= 0.6 is 0 Å². The molecule has 28 heavy (non-hydrogen) atoms. The van der Waals surface area contributed by atoms with Crippen LogP contribution in [0, 0.1) is 13.8 Å². The third-order valence-electron chi connectivity index (χ3n) is 4.87. The van der Waals surface area contributed by atoms with Gasteiger partial charge in [0.05, 0.1) is 16.1 Å². The first-order valence-corrected chi connectivity index (χ1v) is 10.2. The minimum absolute atomic E-state index is 0.0880. The Morgan fingerprint density at radius 2 is 1.32 bits per heavy atom. The van der Waals surface area contributed by atoms with E-state index in [0.29, 0.717) is 11.1 Å². The minimum Gasteiger partial charge on any atom is -0.289 e. The summed E-state index contributed by atoms with van der Waals surface area (Å²) in [6, 6.07) is 16.2. The highest BCUT2D eigenvalue weighted by molar-refractivity contribution is 7.92. The quantitative estimate of drug-likeness (QED) is 0.575. The van der Waals surface area contributed by atoms with E-state index in [0.717, 1.165) is 5.56 Å². The number of hydrogen-bond acceptors (Lipinski definition) is 4. The van der Waals surface area contributed by atoms with Gasteiger partial charge in [0, 0.05) is 16.7 Å². The number of hydrogen-bond donors (Lipinski definition) is 1. The van der Waals surface area contributed by atoms with Gasteiger partial charge in [-0.2, -0.15) is 0 Å². The molecule has 0 spiro atoms. The second-order valence-corrected chi connectivity index (χ2v) is 8.48. The summed E-state index contributed by atoms with van der Waals surface area (Å²) in [6.07, 6.45) is 0. The van der Waals surface area contributed by atoms with Crippen molar-refractivity contribution < 1.29 is 18.0 Å². The smallest absolute Gasteiger partial charge is 0.261 e. The summed E-state index contributed by atoms with van der Waals surface area (Å²) in [5, 5.41) is 0. The van der Waals surface area contributed by atoms with Gasteiger partial charge in [-0.25, -0.2) is 8.42 Å². The number of anilines is 1. The lowest BCUT2D eigenvalue weighted by Crippen LogP contribution is -2.24. The van der Waals surface area contributed by atoms with Gasteiger partial charge in [0.15, 0.2) is 11.6 Å². The van der Waals surface area contributed by atoms with Crippen molar-refractivity contribution in [1.82, 2.24) is 0 Å². The van der Waals surface area contributed by atoms with Gasteiger partial charge >= 0.3 is 0 Å². The van der Waals surface area contributed by atoms with Crippen LogP contribution in [-0.4, -0.2) is 20.0 Å². The van der Waals surface area contributed by atoms with Gasteiger partial charge in [0.2, 0.25) is 0 Å². The molecule has 0 saturated heterocycles. The number of benzene rings is 3. The van der Waals surface area contributed by atoms with Crippen LogP contribution in [-0.2, 0) is 10.0 Å². The second-order valence-electron chi connectivity index (χ2n) is 6.80. The van der Waals surface area contributed by atoms with Gasteiger partial charge in [0.1, 0.15) is 0 Å². The van der Waals surface area contributed by atoms with E-state index >= 15 is 0 Å². The molecule has 0 bridgehead atoms. The van der Waals surface area contributed by atoms with Gasteiger partial charge in [-0.05, 0) is 37.6 Å². The highest BCUT2D eigenvalue weighted by Gasteiger charge is 2.33. The van der Waals surface area contributed by atoms with Crippen molar-refractivity contribution in [2.75, 3.05) is 4.72 Å². The van der Waals surface area contributed by atoms with E-state index in [4.69, 9.17) is 0 Å². The molecule has 0 amide bonds. The highest BCUT2D eigenvalue weighted by Crippen LogP contribution is 2.35. The van der Waals surface area contributed by atoms with E-state index in [9.17, 15) is 18.0 Å². The normalized spacial score (nSPS) is 13.1. The number of aryl methyl sites for hydroxylation is 2. The lowest BCUT2D eigenvalue weighted by molar-refractivity contribution is 0.0979. The van der Waals surface area contributed by atoms with Crippen molar-refractivity contribution in [2.24, 2.45) is 0 Å². The monoisotopic (exact) mass is 391 g/mol. The standard InChI is InChI=1S/C22H17NO4S/c1-13-7-10-15(11-8-13)28(26,27)23-20-14(2)9-12-18-19(20)22(25)17-6-4-3-5-16(17)21(18)24/h3-12,23H,1-2H3. The minimum atomic E-state index is -3.92. The summed E-state index contributed by atoms with van der Waals surface area (Å²) < 4.78 is 28.3. The van der Waals surface area contributed by atoms with Crippen LogP contribution in [0.3, 0.4) is 0 Å². The molecular formula is C22H17NO4S. The number of carbonyl (C=O) groups excluding carboxylic acids is 2. The first kappa shape index (κ1) is 18.1. The second kappa shape index (κ2) is 6.42. The zero-order chi connectivity index (χ0) is 20.1. The molecule has 0 saturated carbocycles. The highest BCUT2D eigenvalue weighted by atomic mass is 32.2. The van der Waals surface area contributed by atoms with Crippen molar-refractivity contribution in [3.8, 4) is 0 Å². The van der Waals surface area contributed by atoms with Crippen molar-refractivity contribution in [2.45, 2.75) is 18.7 Å². The molecule has 0 atom stereocenters. The van der Waals surface area contributed by atoms with Crippen LogP contribution in [0.4, 0.5) is 5.69 Å². The Labute approximate surface area is 163 Å². The summed E-state index contributed by atoms with van der Waals surface area (Å²) in [5.74, 6) is -0.656. The number of nitrogens with one attached hydrogen (secondary N) is 1. The molecule has 0 fully saturated rings. The number of fused-ring (bicyclic) bond motifs is 2. The SMILES string of the molecule is Cc1ccc(S(=O)(=O)Nc2c(C)ccc3c2C(=O)c2ccccc2C3=O)cc1. The third kappa shape index (κ3) is 2.82. The first-order valence-electron chi connectivity index (χ1n) is 8.71. The Hall–Kier alpha value is -3.25. The number of rotatable bonds is 3. The maximum Gasteiger partial charge on any atom is 0.261 e. The van der Waals surface area contributed by atoms with Crippen LogP contribution in [0.2, 0.25) is 0 Å². The van der Waals surface area contributed by atoms with E-state index in [2.05, 4.69) is 4.72 Å². The third-order valence-corrected chi connectivity index (χ3v) is 6.24. The Morgan fingerprint density at radius 1 is 0.714 bits per heavy atom. The molecule has 3 aromatic carbocycles. The molecule has 1 aliphatic rings. The van der Waals surface area contributed by atoms with E-state index in [1.54, 1.807) is 55.5 Å². The lowest BCUT2D eigenvalue weighted by Gasteiger charge is -2.22. The molecule has 5 nitrogen and oxygen atoms in total. The van der Waals surface area contributed by atoms with Crippen LogP contribution in [0.5, 0.6) is 0 Å². The molecule has 3 aromatic rings. The molecule has 140 valence electrons. The van der Waals surface area contributed by atoms with Crippen LogP contribution < -0.4 is 4.72 Å². The van der Waals surface area contributed by atoms with Gasteiger partial charge in [-0.15, -0.1) is 0 Å². The average molecular weight is 391 g/mol. The maximum absolute atomic E-state index is 13.1. The van der Waals surface area contributed by atoms with E-state index in [-0.39, 0.29) is 38.8 Å². The van der Waals surface area contributed by atoms with Crippen molar-refractivity contribution >= 4 is 27.3 Å². The number of ketones is 2. The Balaban J connectivity index is 1.87. The molecule has 0 aromatic heterocycles. The van der Waals surface area contributed by atoms with Gasteiger partial charge in [-0.3, -0.25) is 14.3 Å². The predicted molar refractivity (Wildman–Crippen MR) is 106 cm³/mol. The van der Waals surface area contributed by atoms with Crippen LogP contribution in [0.15, 0.2) is 65.6 Å². The molecule has 0 heterocycles. The molecule has 0 unspecified atom stereocenters. The zero-order valence-electron chi connectivity index (χ0n) is 15.3. The van der Waals surface area contributed by atoms with E-state index < -0.39 is 10.0 Å². The molecule has 6 heteroatoms. The fraction of sp³-hybridized carbons (Fsp3) is 0.0909. The molecule has 4 rings (SSSR count). The summed E-state index contributed by atoms with van der Waals surface area (Å²) >= 11 is 0. The molecular weight excluding hydrogens is 374 g/mol. The van der Waals surface area contributed by atoms with Crippen LogP contribution in [0.1, 0.15) is 43.0 Å². The van der Waals surface area contributed by atoms with Crippen LogP contribution in [0.25, 0.3) is 0 Å². The largest absolute Gasteiger partial charge is 0.289 e. The predicted octanol–water partition coefficient (Wildman–Crippen LogP) is 3.88. The zero-order valence-corrected chi connectivity index (χ0v) is 16.1. The summed E-state index contributed by atoms with van der Waals surface area (Å²) in [6.45, 7) is 3.56. The van der Waals surface area contributed by atoms with Gasteiger partial charge in [0.25, 0.3) is 10.0 Å². The molecule has 0 radical (unpaired) electrons. The topological polar surface area (TPSA) is 80.3 Å². The van der Waals surface area contributed by atoms with Crippen molar-refractivity contribution in [1.29, 1.82) is 0 Å². The molecule has 0 aliphatic heterocycles. The first-order chi connectivity index (χ1) is 13.3. The fourth-order valence-corrected chi connectivity index (χ4v) is 4.48. The van der Waals surface area contributed by atoms with E-state index in [1.807, 2.05) is 6.92 Å². The summed E-state index contributed by atoms with van der Waals surface area (Å²) in [4.78, 5) is 26.1. The average Bonchev–Trinajstić information content (AvgIpc) is 2.68. The van der Waals surface area contributed by atoms with Crippen molar-refractivity contribution in [3.63, 3.8) is 0 Å². The van der Waals surface area contributed by atoms with Gasteiger partial charge in [-0.1, -0.05) is 48.0 Å². The van der Waals surface area contributed by atoms with Crippen molar-refractivity contribution in [3.05, 3.63) is 94.0 Å². The fourth-order valence-electron chi connectivity index (χ4n) is 3.33. The Morgan fingerprint density at radius 3 is 1.96 bits per heavy atom. The van der Waals surface area contributed by atoms with Gasteiger partial charge < -0.3 is 0 Å². The summed E-state index contributed by atoms with van der Waals surface area (Å²) in [7, 11) is -3.92. The molecule has 1 N–H and O–H groups in total. The number of carbonyl (C=O) groups is 2. The molecule has 1 aliphatic carbocycles. The Bertz CT molecular complexity index is 1240. The Kier molecular flexibility index (Phi) is 4.16. The van der Waals surface area contributed by atoms with E-state index in [1.165, 1.54) is 12.1 Å². The lowest BCUT2D eigenvalue weighted by atomic mass is 9.82. The number of sulfonamides is 1.